The number of amides is 1. The van der Waals surface area contributed by atoms with Crippen molar-refractivity contribution in [3.05, 3.63) is 53.1 Å². The highest BCUT2D eigenvalue weighted by Crippen LogP contribution is 2.37. The Morgan fingerprint density at radius 3 is 2.48 bits per heavy atom. The topological polar surface area (TPSA) is 71.0 Å². The fraction of sp³-hybridized carbons (Fsp3) is 0.409. The van der Waals surface area contributed by atoms with Crippen LogP contribution >= 0.6 is 11.6 Å². The van der Waals surface area contributed by atoms with Crippen molar-refractivity contribution < 1.29 is 19.4 Å². The molecule has 0 aromatic heterocycles. The molecule has 2 aromatic carbocycles. The number of carbonyl (C=O) groups excluding carboxylic acids is 1. The predicted octanol–water partition coefficient (Wildman–Crippen LogP) is 3.57. The van der Waals surface area contributed by atoms with E-state index in [4.69, 9.17) is 21.1 Å². The highest BCUT2D eigenvalue weighted by molar-refractivity contribution is 6.32. The average Bonchev–Trinajstić information content (AvgIpc) is 3.55. The number of methoxy groups -OCH3 is 2. The molecule has 3 rings (SSSR count). The maximum Gasteiger partial charge on any atom is 0.238 e. The summed E-state index contributed by atoms with van der Waals surface area (Å²) in [7, 11) is 3.03. The molecule has 0 bridgehead atoms. The molecule has 1 aliphatic rings. The lowest BCUT2D eigenvalue weighted by Gasteiger charge is -2.30. The monoisotopic (exact) mass is 418 g/mol. The van der Waals surface area contributed by atoms with Crippen LogP contribution < -0.4 is 14.8 Å². The van der Waals surface area contributed by atoms with Crippen LogP contribution in [0, 0.1) is 5.92 Å². The van der Waals surface area contributed by atoms with Gasteiger partial charge in [0.25, 0.3) is 0 Å². The maximum absolute atomic E-state index is 12.9. The van der Waals surface area contributed by atoms with Crippen LogP contribution in [0.25, 0.3) is 0 Å². The van der Waals surface area contributed by atoms with Gasteiger partial charge in [-0.2, -0.15) is 0 Å². The molecule has 1 atom stereocenters. The molecule has 2 aromatic rings. The van der Waals surface area contributed by atoms with Crippen LogP contribution in [-0.2, 0) is 11.3 Å². The average molecular weight is 419 g/mol. The molecule has 2 N–H and O–H groups in total. The second-order valence-corrected chi connectivity index (χ2v) is 7.62. The second-order valence-electron chi connectivity index (χ2n) is 7.21. The summed E-state index contributed by atoms with van der Waals surface area (Å²) in [5.74, 6) is 1.15. The Morgan fingerprint density at radius 1 is 1.21 bits per heavy atom. The first-order valence-corrected chi connectivity index (χ1v) is 10.0. The van der Waals surface area contributed by atoms with Crippen molar-refractivity contribution >= 4 is 23.2 Å². The molecule has 0 unspecified atom stereocenters. The molecule has 0 spiro atoms. The number of aliphatic hydroxyl groups is 1. The minimum Gasteiger partial charge on any atom is -0.495 e. The Morgan fingerprint density at radius 2 is 1.90 bits per heavy atom. The van der Waals surface area contributed by atoms with Gasteiger partial charge in [-0.15, -0.1) is 0 Å². The molecule has 1 amide bonds. The molecule has 29 heavy (non-hydrogen) atoms. The fourth-order valence-corrected chi connectivity index (χ4v) is 3.72. The lowest BCUT2D eigenvalue weighted by atomic mass is 10.1. The van der Waals surface area contributed by atoms with Crippen LogP contribution in [0.2, 0.25) is 5.02 Å². The summed E-state index contributed by atoms with van der Waals surface area (Å²) < 4.78 is 10.6. The Labute approximate surface area is 176 Å². The normalized spacial score (nSPS) is 14.5. The lowest BCUT2D eigenvalue weighted by Crippen LogP contribution is -2.43. The Hall–Kier alpha value is -2.28. The van der Waals surface area contributed by atoms with Gasteiger partial charge in [0, 0.05) is 24.7 Å². The van der Waals surface area contributed by atoms with Gasteiger partial charge in [-0.3, -0.25) is 9.69 Å². The standard InChI is InChI=1S/C22H27ClN2O4/c1-28-20-11-18(21(29-2)10-17(20)23)24-22(27)13-25(19(14-26)16-8-9-16)12-15-6-4-3-5-7-15/h3-7,10-11,16,19,26H,8-9,12-14H2,1-2H3,(H,24,27)/t19-/m1/s1. The molecule has 0 heterocycles. The number of hydrogen-bond donors (Lipinski definition) is 2. The summed E-state index contributed by atoms with van der Waals surface area (Å²) in [5, 5.41) is 13.2. The molecule has 7 heteroatoms. The third-order valence-electron chi connectivity index (χ3n) is 5.15. The van der Waals surface area contributed by atoms with E-state index in [0.29, 0.717) is 34.7 Å². The number of aliphatic hydroxyl groups excluding tert-OH is 1. The first-order valence-electron chi connectivity index (χ1n) is 9.66. The number of halogens is 1. The molecular formula is C22H27ClN2O4. The van der Waals surface area contributed by atoms with Crippen LogP contribution in [0.3, 0.4) is 0 Å². The smallest absolute Gasteiger partial charge is 0.238 e. The summed E-state index contributed by atoms with van der Waals surface area (Å²) in [6, 6.07) is 13.2. The van der Waals surface area contributed by atoms with Crippen LogP contribution in [-0.4, -0.2) is 49.3 Å². The van der Waals surface area contributed by atoms with E-state index in [1.165, 1.54) is 14.2 Å². The zero-order valence-corrected chi connectivity index (χ0v) is 17.5. The number of ether oxygens (including phenoxy) is 2. The summed E-state index contributed by atoms with van der Waals surface area (Å²) in [4.78, 5) is 14.9. The summed E-state index contributed by atoms with van der Waals surface area (Å²) in [6.45, 7) is 0.782. The van der Waals surface area contributed by atoms with Crippen LogP contribution in [0.15, 0.2) is 42.5 Å². The van der Waals surface area contributed by atoms with Crippen LogP contribution in [0.4, 0.5) is 5.69 Å². The molecule has 0 saturated heterocycles. The highest BCUT2D eigenvalue weighted by Gasteiger charge is 2.35. The van der Waals surface area contributed by atoms with E-state index in [1.54, 1.807) is 12.1 Å². The van der Waals surface area contributed by atoms with E-state index < -0.39 is 0 Å². The molecule has 0 radical (unpaired) electrons. The number of benzene rings is 2. The van der Waals surface area contributed by atoms with Gasteiger partial charge >= 0.3 is 0 Å². The number of nitrogens with one attached hydrogen (secondary N) is 1. The molecule has 1 aliphatic carbocycles. The van der Waals surface area contributed by atoms with E-state index in [9.17, 15) is 9.90 Å². The molecule has 6 nitrogen and oxygen atoms in total. The first-order chi connectivity index (χ1) is 14.0. The molecule has 156 valence electrons. The third kappa shape index (κ3) is 5.63. The summed E-state index contributed by atoms with van der Waals surface area (Å²) in [6.07, 6.45) is 2.17. The van der Waals surface area contributed by atoms with E-state index in [-0.39, 0.29) is 25.1 Å². The van der Waals surface area contributed by atoms with Gasteiger partial charge < -0.3 is 19.9 Å². The third-order valence-corrected chi connectivity index (χ3v) is 5.44. The van der Waals surface area contributed by atoms with Crippen molar-refractivity contribution in [1.82, 2.24) is 4.90 Å². The highest BCUT2D eigenvalue weighted by atomic mass is 35.5. The van der Waals surface area contributed by atoms with Gasteiger partial charge in [-0.25, -0.2) is 0 Å². The van der Waals surface area contributed by atoms with E-state index in [0.717, 1.165) is 18.4 Å². The second kappa shape index (κ2) is 9.96. The SMILES string of the molecule is COc1cc(NC(=O)CN(Cc2ccccc2)[C@H](CO)C2CC2)c(OC)cc1Cl. The summed E-state index contributed by atoms with van der Waals surface area (Å²) in [5.41, 5.74) is 1.59. The predicted molar refractivity (Wildman–Crippen MR) is 114 cm³/mol. The van der Waals surface area contributed by atoms with Crippen molar-refractivity contribution in [1.29, 1.82) is 0 Å². The van der Waals surface area contributed by atoms with E-state index in [2.05, 4.69) is 5.32 Å². The Bertz CT molecular complexity index is 827. The molecule has 1 saturated carbocycles. The Balaban J connectivity index is 1.76. The van der Waals surface area contributed by atoms with Gasteiger partial charge in [-0.05, 0) is 24.3 Å². The zero-order chi connectivity index (χ0) is 20.8. The summed E-state index contributed by atoms with van der Waals surface area (Å²) >= 11 is 6.14. The minimum absolute atomic E-state index is 0.0306. The van der Waals surface area contributed by atoms with Gasteiger partial charge in [0.2, 0.25) is 5.91 Å². The van der Waals surface area contributed by atoms with Crippen molar-refractivity contribution in [2.24, 2.45) is 5.92 Å². The quantitative estimate of drug-likeness (QED) is 0.617. The lowest BCUT2D eigenvalue weighted by molar-refractivity contribution is -0.118. The molecule has 1 fully saturated rings. The van der Waals surface area contributed by atoms with Gasteiger partial charge in [-0.1, -0.05) is 41.9 Å². The zero-order valence-electron chi connectivity index (χ0n) is 16.7. The maximum atomic E-state index is 12.9. The van der Waals surface area contributed by atoms with Crippen molar-refractivity contribution in [2.75, 3.05) is 32.7 Å². The van der Waals surface area contributed by atoms with Crippen molar-refractivity contribution in [3.63, 3.8) is 0 Å². The Kier molecular flexibility index (Phi) is 7.36. The minimum atomic E-state index is -0.192. The van der Waals surface area contributed by atoms with Crippen LogP contribution in [0.1, 0.15) is 18.4 Å². The largest absolute Gasteiger partial charge is 0.495 e. The number of nitrogens with zero attached hydrogens (tertiary/aromatic N) is 1. The number of anilines is 1. The van der Waals surface area contributed by atoms with Gasteiger partial charge in [0.1, 0.15) is 11.5 Å². The number of hydrogen-bond acceptors (Lipinski definition) is 5. The van der Waals surface area contributed by atoms with Crippen molar-refractivity contribution in [3.8, 4) is 11.5 Å². The number of carbonyl (C=O) groups is 1. The molecule has 0 aliphatic heterocycles. The van der Waals surface area contributed by atoms with E-state index >= 15 is 0 Å². The van der Waals surface area contributed by atoms with Gasteiger partial charge in [0.15, 0.2) is 0 Å². The van der Waals surface area contributed by atoms with E-state index in [1.807, 2.05) is 35.2 Å². The number of rotatable bonds is 10. The first kappa shape index (κ1) is 21.4. The fourth-order valence-electron chi connectivity index (χ4n) is 3.48. The van der Waals surface area contributed by atoms with Crippen LogP contribution in [0.5, 0.6) is 11.5 Å². The van der Waals surface area contributed by atoms with Gasteiger partial charge in [0.05, 0.1) is 38.1 Å². The molecular weight excluding hydrogens is 392 g/mol. The van der Waals surface area contributed by atoms with Crippen molar-refractivity contribution in [2.45, 2.75) is 25.4 Å².